The highest BCUT2D eigenvalue weighted by Gasteiger charge is 2.30. The molecule has 0 saturated heterocycles. The molecule has 0 N–H and O–H groups in total. The van der Waals surface area contributed by atoms with Crippen molar-refractivity contribution >= 4 is 38.7 Å². The maximum Gasteiger partial charge on any atom is 0.159 e. The zero-order valence-electron chi connectivity index (χ0n) is 31.0. The summed E-state index contributed by atoms with van der Waals surface area (Å²) < 4.78 is 0. The fourth-order valence-corrected chi connectivity index (χ4v) is 8.54. The molecule has 0 amide bonds. The second kappa shape index (κ2) is 13.6. The molecule has 0 atom stereocenters. The third-order valence-electron chi connectivity index (χ3n) is 11.3. The van der Waals surface area contributed by atoms with E-state index in [1.807, 2.05) is 18.3 Å². The summed E-state index contributed by atoms with van der Waals surface area (Å²) in [7, 11) is 0. The first kappa shape index (κ1) is 32.8. The van der Waals surface area contributed by atoms with Crippen molar-refractivity contribution in [1.29, 1.82) is 0 Å². The summed E-state index contributed by atoms with van der Waals surface area (Å²) in [5.74, 6) is 0.700. The van der Waals surface area contributed by atoms with Crippen LogP contribution in [0.1, 0.15) is 0 Å². The quantitative estimate of drug-likeness (QED) is 0.164. The van der Waals surface area contributed by atoms with Gasteiger partial charge < -0.3 is 4.90 Å². The highest BCUT2D eigenvalue weighted by atomic mass is 15.1. The van der Waals surface area contributed by atoms with E-state index in [0.29, 0.717) is 5.82 Å². The van der Waals surface area contributed by atoms with E-state index in [1.54, 1.807) is 0 Å². The van der Waals surface area contributed by atoms with Crippen molar-refractivity contribution in [2.24, 2.45) is 0 Å². The lowest BCUT2D eigenvalue weighted by Gasteiger charge is -2.30. The minimum atomic E-state index is 0.700. The molecule has 0 spiro atoms. The van der Waals surface area contributed by atoms with Crippen LogP contribution in [0.5, 0.6) is 0 Å². The van der Waals surface area contributed by atoms with Crippen LogP contribution in [-0.4, -0.2) is 9.97 Å². The Balaban J connectivity index is 1.14. The Hall–Kier alpha value is -7.62. The van der Waals surface area contributed by atoms with Crippen LogP contribution < -0.4 is 4.90 Å². The Labute approximate surface area is 331 Å². The third kappa shape index (κ3) is 5.68. The monoisotopic (exact) mass is 725 g/mol. The summed E-state index contributed by atoms with van der Waals surface area (Å²) in [5, 5.41) is 3.53. The number of nitrogens with zero attached hydrogens (tertiary/aromatic N) is 3. The number of aromatic nitrogens is 2. The van der Waals surface area contributed by atoms with E-state index in [2.05, 4.69) is 199 Å². The molecule has 57 heavy (non-hydrogen) atoms. The van der Waals surface area contributed by atoms with Gasteiger partial charge in [-0.25, -0.2) is 9.97 Å². The average Bonchev–Trinajstić information content (AvgIpc) is 3.62. The van der Waals surface area contributed by atoms with E-state index in [9.17, 15) is 0 Å². The summed E-state index contributed by atoms with van der Waals surface area (Å²) in [6.45, 7) is 0. The number of benzene rings is 9. The van der Waals surface area contributed by atoms with Gasteiger partial charge in [0, 0.05) is 34.0 Å². The Morgan fingerprint density at radius 1 is 0.351 bits per heavy atom. The van der Waals surface area contributed by atoms with Crippen LogP contribution in [0.15, 0.2) is 212 Å². The van der Waals surface area contributed by atoms with Crippen LogP contribution >= 0.6 is 0 Å². The van der Waals surface area contributed by atoms with E-state index < -0.39 is 0 Å². The number of anilines is 3. The molecule has 10 aromatic rings. The largest absolute Gasteiger partial charge is 0.309 e. The number of fused-ring (bicyclic) bond motifs is 4. The Bertz CT molecular complexity index is 3090. The van der Waals surface area contributed by atoms with Crippen LogP contribution in [0.25, 0.3) is 88.7 Å². The summed E-state index contributed by atoms with van der Waals surface area (Å²) >= 11 is 0. The molecule has 1 heterocycles. The van der Waals surface area contributed by atoms with Crippen LogP contribution in [0.3, 0.4) is 0 Å². The SMILES string of the molecule is c1ccc(-c2ccc(-c3ccc(N(c4ccccc4-c4ccccc4)c4cc(-c5ncc6ccccc6n5)cc5c4-c4cccc6cccc-5c46)cc3)cc2)cc1. The summed E-state index contributed by atoms with van der Waals surface area (Å²) in [6.07, 6.45) is 1.94. The average molecular weight is 726 g/mol. The Morgan fingerprint density at radius 3 is 1.65 bits per heavy atom. The van der Waals surface area contributed by atoms with Gasteiger partial charge in [-0.15, -0.1) is 0 Å². The topological polar surface area (TPSA) is 29.0 Å². The number of para-hydroxylation sites is 2. The van der Waals surface area contributed by atoms with Crippen molar-refractivity contribution < 1.29 is 0 Å². The van der Waals surface area contributed by atoms with Crippen LogP contribution in [0, 0.1) is 0 Å². The van der Waals surface area contributed by atoms with Gasteiger partial charge in [-0.05, 0) is 91.7 Å². The molecule has 1 aliphatic rings. The predicted octanol–water partition coefficient (Wildman–Crippen LogP) is 14.6. The van der Waals surface area contributed by atoms with Gasteiger partial charge >= 0.3 is 0 Å². The van der Waals surface area contributed by atoms with Crippen molar-refractivity contribution in [3.63, 3.8) is 0 Å². The van der Waals surface area contributed by atoms with Gasteiger partial charge in [-0.1, -0.05) is 170 Å². The van der Waals surface area contributed by atoms with Gasteiger partial charge in [0.2, 0.25) is 0 Å². The van der Waals surface area contributed by atoms with Crippen LogP contribution in [-0.2, 0) is 0 Å². The molecule has 0 fully saturated rings. The number of hydrogen-bond donors (Lipinski definition) is 0. The third-order valence-corrected chi connectivity index (χ3v) is 11.3. The lowest BCUT2D eigenvalue weighted by atomic mass is 9.95. The maximum absolute atomic E-state index is 5.12. The molecule has 0 saturated carbocycles. The zero-order chi connectivity index (χ0) is 37.7. The van der Waals surface area contributed by atoms with E-state index in [0.717, 1.165) is 50.2 Å². The first-order valence-corrected chi connectivity index (χ1v) is 19.4. The molecule has 1 aromatic heterocycles. The summed E-state index contributed by atoms with van der Waals surface area (Å²) in [4.78, 5) is 12.5. The highest BCUT2D eigenvalue weighted by Crippen LogP contribution is 2.55. The van der Waals surface area contributed by atoms with Gasteiger partial charge in [0.15, 0.2) is 5.82 Å². The minimum Gasteiger partial charge on any atom is -0.309 e. The Kier molecular flexibility index (Phi) is 7.82. The van der Waals surface area contributed by atoms with E-state index >= 15 is 0 Å². The molecule has 3 nitrogen and oxygen atoms in total. The van der Waals surface area contributed by atoms with Crippen LogP contribution in [0.2, 0.25) is 0 Å². The molecule has 9 aromatic carbocycles. The Morgan fingerprint density at radius 2 is 0.912 bits per heavy atom. The molecule has 0 radical (unpaired) electrons. The molecule has 11 rings (SSSR count). The van der Waals surface area contributed by atoms with E-state index in [-0.39, 0.29) is 0 Å². The molecular weight excluding hydrogens is 691 g/mol. The van der Waals surface area contributed by atoms with Crippen molar-refractivity contribution in [2.45, 2.75) is 0 Å². The normalized spacial score (nSPS) is 11.5. The second-order valence-corrected chi connectivity index (χ2v) is 14.6. The lowest BCUT2D eigenvalue weighted by molar-refractivity contribution is 1.22. The van der Waals surface area contributed by atoms with Gasteiger partial charge in [0.1, 0.15) is 0 Å². The molecule has 266 valence electrons. The smallest absolute Gasteiger partial charge is 0.159 e. The van der Waals surface area contributed by atoms with Gasteiger partial charge in [0.25, 0.3) is 0 Å². The summed E-state index contributed by atoms with van der Waals surface area (Å²) in [5.41, 5.74) is 17.0. The highest BCUT2D eigenvalue weighted by molar-refractivity contribution is 6.19. The molecule has 0 bridgehead atoms. The molecular formula is C54H35N3. The maximum atomic E-state index is 5.12. The van der Waals surface area contributed by atoms with E-state index in [4.69, 9.17) is 9.97 Å². The van der Waals surface area contributed by atoms with E-state index in [1.165, 1.54) is 49.7 Å². The van der Waals surface area contributed by atoms with Crippen molar-refractivity contribution in [2.75, 3.05) is 4.90 Å². The standard InChI is InChI=1S/C54H35N3/c1-3-13-36(14-4-1)37-25-27-38(28-26-37)39-29-31-44(32-30-39)57(50-24-10-8-20-45(50)40-15-5-2-6-16-40)51-34-43(54-55-35-42-17-7-9-23-49(42)56-54)33-48-46-21-11-18-41-19-12-22-47(52(41)46)53(48)51/h1-35H. The minimum absolute atomic E-state index is 0.700. The predicted molar refractivity (Wildman–Crippen MR) is 238 cm³/mol. The fraction of sp³-hybridized carbons (Fsp3) is 0. The van der Waals surface area contributed by atoms with Gasteiger partial charge in [0.05, 0.1) is 16.9 Å². The molecule has 0 unspecified atom stereocenters. The lowest BCUT2D eigenvalue weighted by Crippen LogP contribution is -2.13. The number of hydrogen-bond acceptors (Lipinski definition) is 3. The van der Waals surface area contributed by atoms with Crippen molar-refractivity contribution in [1.82, 2.24) is 9.97 Å². The molecule has 0 aliphatic heterocycles. The van der Waals surface area contributed by atoms with Crippen molar-refractivity contribution in [3.8, 4) is 67.0 Å². The summed E-state index contributed by atoms with van der Waals surface area (Å²) in [6, 6.07) is 73.9. The van der Waals surface area contributed by atoms with Gasteiger partial charge in [-0.2, -0.15) is 0 Å². The molecule has 3 heteroatoms. The fourth-order valence-electron chi connectivity index (χ4n) is 8.54. The van der Waals surface area contributed by atoms with Gasteiger partial charge in [-0.3, -0.25) is 0 Å². The number of rotatable bonds is 7. The first-order chi connectivity index (χ1) is 28.3. The molecule has 1 aliphatic carbocycles. The second-order valence-electron chi connectivity index (χ2n) is 14.6. The van der Waals surface area contributed by atoms with Crippen LogP contribution in [0.4, 0.5) is 17.1 Å². The van der Waals surface area contributed by atoms with Crippen molar-refractivity contribution in [3.05, 3.63) is 212 Å². The zero-order valence-corrected chi connectivity index (χ0v) is 31.0. The first-order valence-electron chi connectivity index (χ1n) is 19.4.